The summed E-state index contributed by atoms with van der Waals surface area (Å²) in [5, 5.41) is 0. The average Bonchev–Trinajstić information content (AvgIpc) is 3.12. The molecule has 1 aromatic rings. The number of nitrogens with zero attached hydrogens (tertiary/aromatic N) is 2. The summed E-state index contributed by atoms with van der Waals surface area (Å²) in [6.07, 6.45) is 1.20. The molecular weight excluding hydrogens is 412 g/mol. The molecular formula is C16H21BrN2O5S. The van der Waals surface area contributed by atoms with E-state index in [0.29, 0.717) is 50.2 Å². The number of morpholine rings is 1. The van der Waals surface area contributed by atoms with Crippen LogP contribution in [0.5, 0.6) is 5.75 Å². The van der Waals surface area contributed by atoms with E-state index in [2.05, 4.69) is 15.9 Å². The van der Waals surface area contributed by atoms with Crippen LogP contribution in [0.4, 0.5) is 0 Å². The minimum absolute atomic E-state index is 0.0750. The van der Waals surface area contributed by atoms with Gasteiger partial charge >= 0.3 is 0 Å². The molecule has 0 aliphatic carbocycles. The highest BCUT2D eigenvalue weighted by Crippen LogP contribution is 2.34. The predicted molar refractivity (Wildman–Crippen MR) is 95.0 cm³/mol. The van der Waals surface area contributed by atoms with Crippen molar-refractivity contribution in [2.24, 2.45) is 0 Å². The Morgan fingerprint density at radius 2 is 2.00 bits per heavy atom. The number of hydrogen-bond donors (Lipinski definition) is 0. The first-order valence-electron chi connectivity index (χ1n) is 8.17. The Balaban J connectivity index is 1.91. The monoisotopic (exact) mass is 432 g/mol. The molecule has 2 fully saturated rings. The Kier molecular flexibility index (Phi) is 5.67. The molecule has 25 heavy (non-hydrogen) atoms. The van der Waals surface area contributed by atoms with Crippen LogP contribution in [0.2, 0.25) is 0 Å². The van der Waals surface area contributed by atoms with Crippen molar-refractivity contribution < 1.29 is 22.7 Å². The van der Waals surface area contributed by atoms with Crippen molar-refractivity contribution >= 4 is 31.9 Å². The zero-order valence-corrected chi connectivity index (χ0v) is 16.4. The first-order valence-corrected chi connectivity index (χ1v) is 10.4. The zero-order chi connectivity index (χ0) is 18.0. The van der Waals surface area contributed by atoms with Crippen LogP contribution in [-0.2, 0) is 19.6 Å². The van der Waals surface area contributed by atoms with Gasteiger partial charge in [0.05, 0.1) is 20.3 Å². The molecule has 0 saturated carbocycles. The Morgan fingerprint density at radius 1 is 1.28 bits per heavy atom. The minimum Gasteiger partial charge on any atom is -0.495 e. The summed E-state index contributed by atoms with van der Waals surface area (Å²) >= 11 is 3.31. The van der Waals surface area contributed by atoms with Crippen LogP contribution in [0.25, 0.3) is 0 Å². The SMILES string of the molecule is COc1ccc(Br)cc1S(=O)(=O)N1CCCC1C(=O)N1CCOCC1. The van der Waals surface area contributed by atoms with Crippen LogP contribution in [-0.4, -0.2) is 69.5 Å². The molecule has 138 valence electrons. The van der Waals surface area contributed by atoms with Crippen molar-refractivity contribution in [1.29, 1.82) is 0 Å². The largest absolute Gasteiger partial charge is 0.495 e. The predicted octanol–water partition coefficient (Wildman–Crippen LogP) is 1.47. The van der Waals surface area contributed by atoms with Gasteiger partial charge in [-0.25, -0.2) is 8.42 Å². The third-order valence-electron chi connectivity index (χ3n) is 4.52. The summed E-state index contributed by atoms with van der Waals surface area (Å²) in [5.74, 6) is 0.131. The molecule has 2 saturated heterocycles. The molecule has 7 nitrogen and oxygen atoms in total. The van der Waals surface area contributed by atoms with Gasteiger partial charge in [-0.1, -0.05) is 15.9 Å². The van der Waals surface area contributed by atoms with Gasteiger partial charge in [0.1, 0.15) is 16.7 Å². The van der Waals surface area contributed by atoms with Crippen LogP contribution in [0.15, 0.2) is 27.6 Å². The maximum absolute atomic E-state index is 13.2. The van der Waals surface area contributed by atoms with E-state index in [1.807, 2.05) is 0 Å². The maximum Gasteiger partial charge on any atom is 0.247 e. The molecule has 2 aliphatic rings. The molecule has 0 aromatic heterocycles. The summed E-state index contributed by atoms with van der Waals surface area (Å²) in [6.45, 7) is 2.32. The summed E-state index contributed by atoms with van der Waals surface area (Å²) < 4.78 is 38.8. The van der Waals surface area contributed by atoms with Gasteiger partial charge in [0.15, 0.2) is 0 Å². The van der Waals surface area contributed by atoms with Gasteiger partial charge in [-0.2, -0.15) is 4.31 Å². The van der Waals surface area contributed by atoms with Gasteiger partial charge in [-0.3, -0.25) is 4.79 Å². The number of rotatable bonds is 4. The quantitative estimate of drug-likeness (QED) is 0.719. The Labute approximate surface area is 156 Å². The lowest BCUT2D eigenvalue weighted by molar-refractivity contribution is -0.138. The summed E-state index contributed by atoms with van der Waals surface area (Å²) in [5.41, 5.74) is 0. The van der Waals surface area contributed by atoms with Crippen molar-refractivity contribution in [1.82, 2.24) is 9.21 Å². The first-order chi connectivity index (χ1) is 11.9. The van der Waals surface area contributed by atoms with Crippen LogP contribution in [0.3, 0.4) is 0 Å². The average molecular weight is 433 g/mol. The van der Waals surface area contributed by atoms with E-state index in [4.69, 9.17) is 9.47 Å². The number of benzene rings is 1. The van der Waals surface area contributed by atoms with Gasteiger partial charge in [0.25, 0.3) is 0 Å². The van der Waals surface area contributed by atoms with E-state index < -0.39 is 16.1 Å². The molecule has 1 aromatic carbocycles. The van der Waals surface area contributed by atoms with Gasteiger partial charge < -0.3 is 14.4 Å². The number of hydrogen-bond acceptors (Lipinski definition) is 5. The van der Waals surface area contributed by atoms with Crippen LogP contribution in [0.1, 0.15) is 12.8 Å². The zero-order valence-electron chi connectivity index (χ0n) is 14.0. The molecule has 2 aliphatic heterocycles. The molecule has 1 unspecified atom stereocenters. The Morgan fingerprint density at radius 3 is 2.68 bits per heavy atom. The second-order valence-corrected chi connectivity index (χ2v) is 8.78. The first kappa shape index (κ1) is 18.6. The number of amides is 1. The van der Waals surface area contributed by atoms with E-state index in [-0.39, 0.29) is 16.6 Å². The summed E-state index contributed by atoms with van der Waals surface area (Å²) in [6, 6.07) is 4.18. The van der Waals surface area contributed by atoms with E-state index in [1.54, 1.807) is 17.0 Å². The Hall–Kier alpha value is -1.16. The molecule has 0 bridgehead atoms. The molecule has 1 amide bonds. The molecule has 3 rings (SSSR count). The second-order valence-electron chi connectivity index (χ2n) is 6.01. The number of carbonyl (C=O) groups is 1. The van der Waals surface area contributed by atoms with Crippen molar-refractivity contribution in [3.8, 4) is 5.75 Å². The lowest BCUT2D eigenvalue weighted by Crippen LogP contribution is -2.51. The fourth-order valence-electron chi connectivity index (χ4n) is 3.25. The minimum atomic E-state index is -3.84. The number of halogens is 1. The van der Waals surface area contributed by atoms with Gasteiger partial charge in [0, 0.05) is 24.1 Å². The van der Waals surface area contributed by atoms with Crippen molar-refractivity contribution in [2.75, 3.05) is 40.0 Å². The van der Waals surface area contributed by atoms with E-state index >= 15 is 0 Å². The molecule has 0 radical (unpaired) electrons. The summed E-state index contributed by atoms with van der Waals surface area (Å²) in [7, 11) is -2.40. The number of carbonyl (C=O) groups excluding carboxylic acids is 1. The van der Waals surface area contributed by atoms with E-state index in [1.165, 1.54) is 17.5 Å². The maximum atomic E-state index is 13.2. The number of ether oxygens (including phenoxy) is 2. The fraction of sp³-hybridized carbons (Fsp3) is 0.562. The highest BCUT2D eigenvalue weighted by Gasteiger charge is 2.42. The van der Waals surface area contributed by atoms with Crippen LogP contribution >= 0.6 is 15.9 Å². The van der Waals surface area contributed by atoms with Gasteiger partial charge in [-0.05, 0) is 31.0 Å². The van der Waals surface area contributed by atoms with E-state index in [0.717, 1.165) is 0 Å². The Bertz CT molecular complexity index is 749. The third kappa shape index (κ3) is 3.69. The standard InChI is InChI=1S/C16H21BrN2O5S/c1-23-14-5-4-12(17)11-15(14)25(21,22)19-6-2-3-13(19)16(20)18-7-9-24-10-8-18/h4-5,11,13H,2-3,6-10H2,1H3. The molecule has 2 heterocycles. The summed E-state index contributed by atoms with van der Waals surface area (Å²) in [4.78, 5) is 14.6. The highest BCUT2D eigenvalue weighted by molar-refractivity contribution is 9.10. The highest BCUT2D eigenvalue weighted by atomic mass is 79.9. The second kappa shape index (κ2) is 7.61. The van der Waals surface area contributed by atoms with Gasteiger partial charge in [-0.15, -0.1) is 0 Å². The number of sulfonamides is 1. The lowest BCUT2D eigenvalue weighted by atomic mass is 10.2. The van der Waals surface area contributed by atoms with Crippen molar-refractivity contribution in [3.05, 3.63) is 22.7 Å². The van der Waals surface area contributed by atoms with Crippen LogP contribution < -0.4 is 4.74 Å². The molecule has 9 heteroatoms. The normalized spacial score (nSPS) is 22.2. The molecule has 1 atom stereocenters. The molecule has 0 spiro atoms. The lowest BCUT2D eigenvalue weighted by Gasteiger charge is -2.32. The smallest absolute Gasteiger partial charge is 0.247 e. The van der Waals surface area contributed by atoms with E-state index in [9.17, 15) is 13.2 Å². The topological polar surface area (TPSA) is 76.2 Å². The van der Waals surface area contributed by atoms with Gasteiger partial charge in [0.2, 0.25) is 15.9 Å². The van der Waals surface area contributed by atoms with Crippen molar-refractivity contribution in [3.63, 3.8) is 0 Å². The molecule has 0 N–H and O–H groups in total. The number of methoxy groups -OCH3 is 1. The fourth-order valence-corrected chi connectivity index (χ4v) is 5.59. The van der Waals surface area contributed by atoms with Crippen molar-refractivity contribution in [2.45, 2.75) is 23.8 Å². The third-order valence-corrected chi connectivity index (χ3v) is 6.95. The van der Waals surface area contributed by atoms with Crippen LogP contribution in [0, 0.1) is 0 Å².